The standard InChI is InChI=1S/C27H37N3O4/c1-20(31)29-12-5-13-30(15-14-29)26(34)17-21-6-4-7-22(16-21)18-27(2,3)28-19-25(33)23-8-10-24(32)11-9-23/h4,6-11,16,25,28,32-33H,5,12-15,17-19H2,1-3H3. The Morgan fingerprint density at radius 2 is 1.65 bits per heavy atom. The first-order valence-corrected chi connectivity index (χ1v) is 12.0. The minimum atomic E-state index is -0.670. The van der Waals surface area contributed by atoms with E-state index in [1.54, 1.807) is 31.2 Å². The van der Waals surface area contributed by atoms with Gasteiger partial charge in [-0.25, -0.2) is 0 Å². The van der Waals surface area contributed by atoms with Gasteiger partial charge in [0.15, 0.2) is 0 Å². The van der Waals surface area contributed by atoms with E-state index in [0.29, 0.717) is 39.1 Å². The maximum Gasteiger partial charge on any atom is 0.227 e. The second-order valence-corrected chi connectivity index (χ2v) is 9.79. The van der Waals surface area contributed by atoms with Crippen molar-refractivity contribution in [2.75, 3.05) is 32.7 Å². The number of benzene rings is 2. The van der Waals surface area contributed by atoms with Gasteiger partial charge in [-0.2, -0.15) is 0 Å². The van der Waals surface area contributed by atoms with E-state index in [2.05, 4.69) is 31.3 Å². The van der Waals surface area contributed by atoms with Gasteiger partial charge in [0.05, 0.1) is 12.5 Å². The number of hydrogen-bond donors (Lipinski definition) is 3. The molecule has 3 rings (SSSR count). The van der Waals surface area contributed by atoms with Crippen molar-refractivity contribution in [3.63, 3.8) is 0 Å². The highest BCUT2D eigenvalue weighted by atomic mass is 16.3. The zero-order valence-electron chi connectivity index (χ0n) is 20.5. The molecule has 1 aliphatic heterocycles. The Hall–Kier alpha value is -2.90. The number of phenols is 1. The number of nitrogens with one attached hydrogen (secondary N) is 1. The molecule has 1 unspecified atom stereocenters. The summed E-state index contributed by atoms with van der Waals surface area (Å²) >= 11 is 0. The molecule has 34 heavy (non-hydrogen) atoms. The molecule has 0 aromatic heterocycles. The number of β-amino-alcohol motifs (C(OH)–C–C–N with tert-alkyl or cyclic N) is 1. The average molecular weight is 468 g/mol. The molecule has 1 saturated heterocycles. The van der Waals surface area contributed by atoms with Crippen molar-refractivity contribution in [2.45, 2.75) is 51.7 Å². The summed E-state index contributed by atoms with van der Waals surface area (Å²) in [6.07, 6.45) is 1.23. The van der Waals surface area contributed by atoms with Crippen LogP contribution in [0.3, 0.4) is 0 Å². The third-order valence-electron chi connectivity index (χ3n) is 6.34. The van der Waals surface area contributed by atoms with Gasteiger partial charge in [0.25, 0.3) is 0 Å². The summed E-state index contributed by atoms with van der Waals surface area (Å²) in [6.45, 7) is 8.71. The summed E-state index contributed by atoms with van der Waals surface area (Å²) < 4.78 is 0. The lowest BCUT2D eigenvalue weighted by Crippen LogP contribution is -2.43. The molecule has 0 spiro atoms. The van der Waals surface area contributed by atoms with E-state index in [-0.39, 0.29) is 23.1 Å². The van der Waals surface area contributed by atoms with Crippen LogP contribution in [-0.4, -0.2) is 70.1 Å². The molecule has 7 heteroatoms. The number of aromatic hydroxyl groups is 1. The molecule has 2 aromatic carbocycles. The minimum Gasteiger partial charge on any atom is -0.508 e. The third kappa shape index (κ3) is 7.57. The first-order chi connectivity index (χ1) is 16.1. The fourth-order valence-corrected chi connectivity index (χ4v) is 4.38. The molecular formula is C27H37N3O4. The Balaban J connectivity index is 1.54. The lowest BCUT2D eigenvalue weighted by atomic mass is 9.93. The first-order valence-electron chi connectivity index (χ1n) is 12.0. The maximum absolute atomic E-state index is 12.9. The quantitative estimate of drug-likeness (QED) is 0.555. The maximum atomic E-state index is 12.9. The zero-order valence-corrected chi connectivity index (χ0v) is 20.5. The van der Waals surface area contributed by atoms with Crippen LogP contribution in [0.1, 0.15) is 50.0 Å². The number of phenolic OH excluding ortho intramolecular Hbond substituents is 1. The summed E-state index contributed by atoms with van der Waals surface area (Å²) in [4.78, 5) is 28.2. The minimum absolute atomic E-state index is 0.0637. The van der Waals surface area contributed by atoms with Gasteiger partial charge in [-0.3, -0.25) is 9.59 Å². The van der Waals surface area contributed by atoms with Crippen molar-refractivity contribution in [2.24, 2.45) is 0 Å². The molecule has 1 atom stereocenters. The van der Waals surface area contributed by atoms with E-state index in [9.17, 15) is 19.8 Å². The molecule has 0 saturated carbocycles. The van der Waals surface area contributed by atoms with Crippen LogP contribution in [0.2, 0.25) is 0 Å². The van der Waals surface area contributed by atoms with Crippen LogP contribution < -0.4 is 5.32 Å². The molecule has 1 aliphatic rings. The number of aliphatic hydroxyl groups excluding tert-OH is 1. The first kappa shape index (κ1) is 25.7. The zero-order chi connectivity index (χ0) is 24.7. The molecule has 2 aromatic rings. The van der Waals surface area contributed by atoms with Crippen LogP contribution in [0.15, 0.2) is 48.5 Å². The van der Waals surface area contributed by atoms with Crippen molar-refractivity contribution < 1.29 is 19.8 Å². The van der Waals surface area contributed by atoms with E-state index in [1.165, 1.54) is 0 Å². The molecule has 7 nitrogen and oxygen atoms in total. The van der Waals surface area contributed by atoms with Gasteiger partial charge < -0.3 is 25.3 Å². The van der Waals surface area contributed by atoms with Gasteiger partial charge in [0.2, 0.25) is 11.8 Å². The molecule has 3 N–H and O–H groups in total. The second kappa shape index (κ2) is 11.5. The molecular weight excluding hydrogens is 430 g/mol. The van der Waals surface area contributed by atoms with Crippen molar-refractivity contribution in [1.82, 2.24) is 15.1 Å². The van der Waals surface area contributed by atoms with E-state index in [1.807, 2.05) is 21.9 Å². The summed E-state index contributed by atoms with van der Waals surface area (Å²) in [5.74, 6) is 0.335. The summed E-state index contributed by atoms with van der Waals surface area (Å²) in [5, 5.41) is 23.3. The summed E-state index contributed by atoms with van der Waals surface area (Å²) in [7, 11) is 0. The van der Waals surface area contributed by atoms with Crippen molar-refractivity contribution >= 4 is 11.8 Å². The van der Waals surface area contributed by atoms with Crippen molar-refractivity contribution in [1.29, 1.82) is 0 Å². The molecule has 2 amide bonds. The Labute approximate surface area is 202 Å². The lowest BCUT2D eigenvalue weighted by Gasteiger charge is -2.28. The number of amides is 2. The topological polar surface area (TPSA) is 93.1 Å². The van der Waals surface area contributed by atoms with Gasteiger partial charge in [0.1, 0.15) is 5.75 Å². The van der Waals surface area contributed by atoms with E-state index in [0.717, 1.165) is 29.5 Å². The van der Waals surface area contributed by atoms with Crippen LogP contribution in [0.5, 0.6) is 5.75 Å². The fraction of sp³-hybridized carbons (Fsp3) is 0.481. The van der Waals surface area contributed by atoms with E-state index >= 15 is 0 Å². The number of carbonyl (C=O) groups excluding carboxylic acids is 2. The molecule has 0 radical (unpaired) electrons. The Kier molecular flexibility index (Phi) is 8.69. The molecule has 0 aliphatic carbocycles. The highest BCUT2D eigenvalue weighted by molar-refractivity contribution is 5.79. The van der Waals surface area contributed by atoms with Gasteiger partial charge in [-0.05, 0) is 55.5 Å². The molecule has 1 fully saturated rings. The monoisotopic (exact) mass is 467 g/mol. The van der Waals surface area contributed by atoms with Gasteiger partial charge in [-0.15, -0.1) is 0 Å². The molecule has 1 heterocycles. The SMILES string of the molecule is CC(=O)N1CCCN(C(=O)Cc2cccc(CC(C)(C)NCC(O)c3ccc(O)cc3)c2)CC1. The number of nitrogens with zero attached hydrogens (tertiary/aromatic N) is 2. The number of rotatable bonds is 8. The summed E-state index contributed by atoms with van der Waals surface area (Å²) in [6, 6.07) is 14.7. The van der Waals surface area contributed by atoms with Crippen LogP contribution in [-0.2, 0) is 22.4 Å². The highest BCUT2D eigenvalue weighted by Gasteiger charge is 2.22. The largest absolute Gasteiger partial charge is 0.508 e. The van der Waals surface area contributed by atoms with Crippen LogP contribution in [0.4, 0.5) is 0 Å². The Bertz CT molecular complexity index is 974. The Morgan fingerprint density at radius 3 is 2.35 bits per heavy atom. The van der Waals surface area contributed by atoms with E-state index < -0.39 is 6.10 Å². The number of carbonyl (C=O) groups is 2. The second-order valence-electron chi connectivity index (χ2n) is 9.79. The van der Waals surface area contributed by atoms with Crippen molar-refractivity contribution in [3.05, 3.63) is 65.2 Å². The highest BCUT2D eigenvalue weighted by Crippen LogP contribution is 2.19. The fourth-order valence-electron chi connectivity index (χ4n) is 4.38. The number of aliphatic hydroxyl groups is 1. The van der Waals surface area contributed by atoms with Gasteiger partial charge >= 0.3 is 0 Å². The van der Waals surface area contributed by atoms with Crippen LogP contribution in [0, 0.1) is 0 Å². The van der Waals surface area contributed by atoms with Gasteiger partial charge in [0, 0.05) is 45.2 Å². The Morgan fingerprint density at radius 1 is 1.00 bits per heavy atom. The van der Waals surface area contributed by atoms with Crippen molar-refractivity contribution in [3.8, 4) is 5.75 Å². The predicted molar refractivity (Wildman–Crippen MR) is 132 cm³/mol. The number of hydrogen-bond acceptors (Lipinski definition) is 5. The normalized spacial score (nSPS) is 15.6. The average Bonchev–Trinajstić information content (AvgIpc) is 3.05. The smallest absolute Gasteiger partial charge is 0.227 e. The summed E-state index contributed by atoms with van der Waals surface area (Å²) in [5.41, 5.74) is 2.60. The van der Waals surface area contributed by atoms with Crippen LogP contribution >= 0.6 is 0 Å². The molecule has 184 valence electrons. The third-order valence-corrected chi connectivity index (χ3v) is 6.34. The van der Waals surface area contributed by atoms with Crippen LogP contribution in [0.25, 0.3) is 0 Å². The van der Waals surface area contributed by atoms with E-state index in [4.69, 9.17) is 0 Å². The van der Waals surface area contributed by atoms with Gasteiger partial charge in [-0.1, -0.05) is 36.4 Å². The predicted octanol–water partition coefficient (Wildman–Crippen LogP) is 2.66. The lowest BCUT2D eigenvalue weighted by molar-refractivity contribution is -0.132. The molecule has 0 bridgehead atoms.